The van der Waals surface area contributed by atoms with Crippen LogP contribution < -0.4 is 9.47 Å². The van der Waals surface area contributed by atoms with Gasteiger partial charge in [0.15, 0.2) is 11.5 Å². The van der Waals surface area contributed by atoms with Gasteiger partial charge in [-0.3, -0.25) is 9.59 Å². The van der Waals surface area contributed by atoms with E-state index in [2.05, 4.69) is 45.3 Å². The minimum absolute atomic E-state index is 0.159. The molecule has 0 unspecified atom stereocenters. The maximum atomic E-state index is 13.8. The first-order valence-corrected chi connectivity index (χ1v) is 14.6. The van der Waals surface area contributed by atoms with Crippen LogP contribution in [0.3, 0.4) is 0 Å². The second-order valence-electron chi connectivity index (χ2n) is 10.5. The molecule has 0 aromatic heterocycles. The Morgan fingerprint density at radius 1 is 0.780 bits per heavy atom. The summed E-state index contributed by atoms with van der Waals surface area (Å²) in [6.45, 7) is 2.74. The number of benzene rings is 4. The minimum Gasteiger partial charge on any atom is -0.490 e. The first-order chi connectivity index (χ1) is 20.1. The zero-order valence-corrected chi connectivity index (χ0v) is 24.0. The number of hydrogen-bond acceptors (Lipinski definition) is 5. The normalized spacial score (nSPS) is 22.0. The number of carbonyl (C=O) groups is 2. The summed E-state index contributed by atoms with van der Waals surface area (Å²) >= 11 is 3.61. The standard InChI is InChI=1S/C34H27BrN2O4/c1-2-40-27-17-21(16-26(35)32(27)41-19-20-10-4-3-5-11-20)18-36-37-33(38)30-28-22-12-6-7-13-23(22)29(31(30)34(37)39)25-15-9-8-14-24(25)28/h3-18,28-31H,2,19H2,1H3/b36-18-/t28?,29?,30-,31+. The van der Waals surface area contributed by atoms with Gasteiger partial charge >= 0.3 is 0 Å². The highest BCUT2D eigenvalue weighted by Gasteiger charge is 2.61. The molecular formula is C34H27BrN2O4. The van der Waals surface area contributed by atoms with E-state index >= 15 is 0 Å². The Hall–Kier alpha value is -4.23. The van der Waals surface area contributed by atoms with Crippen molar-refractivity contribution in [1.82, 2.24) is 5.01 Å². The zero-order chi connectivity index (χ0) is 28.1. The fourth-order valence-electron chi connectivity index (χ4n) is 6.70. The summed E-state index contributed by atoms with van der Waals surface area (Å²) in [6.07, 6.45) is 1.55. The highest BCUT2D eigenvalue weighted by atomic mass is 79.9. The second-order valence-corrected chi connectivity index (χ2v) is 11.4. The molecule has 4 aliphatic rings. The quantitative estimate of drug-likeness (QED) is 0.174. The van der Waals surface area contributed by atoms with Gasteiger partial charge in [-0.15, -0.1) is 0 Å². The number of hydrazone groups is 1. The molecule has 4 aromatic carbocycles. The largest absolute Gasteiger partial charge is 0.490 e. The summed E-state index contributed by atoms with van der Waals surface area (Å²) in [6, 6.07) is 30.0. The van der Waals surface area contributed by atoms with Crippen LogP contribution in [0.1, 0.15) is 52.1 Å². The van der Waals surface area contributed by atoms with Gasteiger partial charge in [-0.2, -0.15) is 10.1 Å². The molecule has 0 radical (unpaired) electrons. The van der Waals surface area contributed by atoms with E-state index in [-0.39, 0.29) is 23.7 Å². The lowest BCUT2D eigenvalue weighted by Gasteiger charge is -2.45. The number of amides is 2. The van der Waals surface area contributed by atoms with E-state index < -0.39 is 11.8 Å². The molecule has 0 N–H and O–H groups in total. The van der Waals surface area contributed by atoms with Crippen LogP contribution in [0.15, 0.2) is 101 Å². The van der Waals surface area contributed by atoms with E-state index in [4.69, 9.17) is 9.47 Å². The number of nitrogens with zero attached hydrogens (tertiary/aromatic N) is 2. The molecule has 3 aliphatic carbocycles. The average molecular weight is 608 g/mol. The van der Waals surface area contributed by atoms with E-state index in [1.807, 2.05) is 73.7 Å². The average Bonchev–Trinajstić information content (AvgIpc) is 3.25. The lowest BCUT2D eigenvalue weighted by Crippen LogP contribution is -2.41. The molecule has 1 aliphatic heterocycles. The molecule has 2 amide bonds. The van der Waals surface area contributed by atoms with Crippen LogP contribution in [0.5, 0.6) is 11.5 Å². The number of rotatable bonds is 7. The molecule has 2 atom stereocenters. The number of hydrogen-bond donors (Lipinski definition) is 0. The van der Waals surface area contributed by atoms with Crippen molar-refractivity contribution in [3.05, 3.63) is 129 Å². The van der Waals surface area contributed by atoms with Crippen molar-refractivity contribution >= 4 is 34.0 Å². The van der Waals surface area contributed by atoms with Crippen molar-refractivity contribution in [3.8, 4) is 11.5 Å². The van der Waals surface area contributed by atoms with Crippen LogP contribution in [0.4, 0.5) is 0 Å². The zero-order valence-electron chi connectivity index (χ0n) is 22.4. The van der Waals surface area contributed by atoms with Gasteiger partial charge in [-0.05, 0) is 68.4 Å². The fraction of sp³-hybridized carbons (Fsp3) is 0.206. The molecule has 204 valence electrons. The molecule has 0 spiro atoms. The van der Waals surface area contributed by atoms with E-state index in [0.717, 1.165) is 32.8 Å². The molecule has 1 heterocycles. The van der Waals surface area contributed by atoms with E-state index in [0.29, 0.717) is 34.7 Å². The number of ether oxygens (including phenoxy) is 2. The third-order valence-corrected chi connectivity index (χ3v) is 8.89. The summed E-state index contributed by atoms with van der Waals surface area (Å²) < 4.78 is 12.7. The molecule has 1 saturated heterocycles. The van der Waals surface area contributed by atoms with Crippen molar-refractivity contribution in [2.75, 3.05) is 6.61 Å². The molecule has 6 nitrogen and oxygen atoms in total. The van der Waals surface area contributed by atoms with Gasteiger partial charge in [0.1, 0.15) is 6.61 Å². The topological polar surface area (TPSA) is 68.2 Å². The van der Waals surface area contributed by atoms with Crippen molar-refractivity contribution in [3.63, 3.8) is 0 Å². The van der Waals surface area contributed by atoms with Crippen LogP contribution in [0.2, 0.25) is 0 Å². The van der Waals surface area contributed by atoms with Gasteiger partial charge in [0.05, 0.1) is 29.1 Å². The third-order valence-electron chi connectivity index (χ3n) is 8.31. The first kappa shape index (κ1) is 25.7. The Morgan fingerprint density at radius 3 is 1.85 bits per heavy atom. The summed E-state index contributed by atoms with van der Waals surface area (Å²) in [5.74, 6) is -0.606. The molecule has 8 rings (SSSR count). The van der Waals surface area contributed by atoms with Gasteiger partial charge in [0, 0.05) is 11.8 Å². The highest BCUT2D eigenvalue weighted by Crippen LogP contribution is 2.61. The predicted octanol–water partition coefficient (Wildman–Crippen LogP) is 6.65. The Balaban J connectivity index is 1.19. The number of imide groups is 1. The van der Waals surface area contributed by atoms with Gasteiger partial charge in [-0.25, -0.2) is 0 Å². The van der Waals surface area contributed by atoms with Crippen LogP contribution in [-0.2, 0) is 16.2 Å². The van der Waals surface area contributed by atoms with E-state index in [1.165, 1.54) is 0 Å². The van der Waals surface area contributed by atoms with Gasteiger partial charge in [0.2, 0.25) is 0 Å². The molecule has 7 heteroatoms. The highest BCUT2D eigenvalue weighted by molar-refractivity contribution is 9.10. The number of carbonyl (C=O) groups excluding carboxylic acids is 2. The maximum Gasteiger partial charge on any atom is 0.254 e. The van der Waals surface area contributed by atoms with E-state index in [9.17, 15) is 9.59 Å². The maximum absolute atomic E-state index is 13.8. The second kappa shape index (κ2) is 10.3. The summed E-state index contributed by atoms with van der Waals surface area (Å²) in [4.78, 5) is 27.7. The minimum atomic E-state index is -0.464. The Bertz CT molecular complexity index is 1590. The van der Waals surface area contributed by atoms with Crippen molar-refractivity contribution in [1.29, 1.82) is 0 Å². The van der Waals surface area contributed by atoms with Crippen molar-refractivity contribution in [2.24, 2.45) is 16.9 Å². The summed E-state index contributed by atoms with van der Waals surface area (Å²) in [5, 5.41) is 5.54. The fourth-order valence-corrected chi connectivity index (χ4v) is 7.27. The Labute approximate surface area is 246 Å². The SMILES string of the molecule is CCOc1cc(/C=N\N2C(=O)[C@@H]3C4c5ccccc5C(c5ccccc54)[C@@H]3C2=O)cc(Br)c1OCc1ccccc1. The van der Waals surface area contributed by atoms with Crippen LogP contribution >= 0.6 is 15.9 Å². The first-order valence-electron chi connectivity index (χ1n) is 13.8. The molecule has 1 fully saturated rings. The van der Waals surface area contributed by atoms with E-state index in [1.54, 1.807) is 6.21 Å². The van der Waals surface area contributed by atoms with Gasteiger partial charge < -0.3 is 9.47 Å². The smallest absolute Gasteiger partial charge is 0.254 e. The molecule has 0 saturated carbocycles. The summed E-state index contributed by atoms with van der Waals surface area (Å²) in [7, 11) is 0. The van der Waals surface area contributed by atoms with Crippen LogP contribution in [0, 0.1) is 11.8 Å². The monoisotopic (exact) mass is 606 g/mol. The lowest BCUT2D eigenvalue weighted by atomic mass is 9.55. The predicted molar refractivity (Wildman–Crippen MR) is 159 cm³/mol. The van der Waals surface area contributed by atoms with Crippen LogP contribution in [0.25, 0.3) is 0 Å². The molecule has 2 bridgehead atoms. The molecule has 41 heavy (non-hydrogen) atoms. The van der Waals surface area contributed by atoms with Gasteiger partial charge in [0.25, 0.3) is 11.8 Å². The lowest BCUT2D eigenvalue weighted by molar-refractivity contribution is -0.139. The molecule has 4 aromatic rings. The number of halogens is 1. The van der Waals surface area contributed by atoms with Gasteiger partial charge in [-0.1, -0.05) is 78.9 Å². The third kappa shape index (κ3) is 4.18. The van der Waals surface area contributed by atoms with Crippen LogP contribution in [-0.4, -0.2) is 29.6 Å². The Kier molecular flexibility index (Phi) is 6.47. The molecular weight excluding hydrogens is 580 g/mol. The summed E-state index contributed by atoms with van der Waals surface area (Å²) in [5.41, 5.74) is 6.28. The van der Waals surface area contributed by atoms with Crippen molar-refractivity contribution < 1.29 is 19.1 Å². The Morgan fingerprint density at radius 2 is 1.32 bits per heavy atom. The van der Waals surface area contributed by atoms with Crippen molar-refractivity contribution in [2.45, 2.75) is 25.4 Å².